The molecule has 6 nitrogen and oxygen atoms in total. The molecule has 162 valence electrons. The average molecular weight is 439 g/mol. The van der Waals surface area contributed by atoms with E-state index in [1.807, 2.05) is 24.3 Å². The fourth-order valence-corrected chi connectivity index (χ4v) is 5.54. The largest absolute Gasteiger partial charge is 0.352 e. The zero-order chi connectivity index (χ0) is 21.8. The zero-order valence-corrected chi connectivity index (χ0v) is 18.7. The molecule has 2 fully saturated rings. The number of carbonyl (C=O) groups excluding carboxylic acids is 2. The molecule has 1 N–H and O–H groups in total. The Kier molecular flexibility index (Phi) is 4.74. The fraction of sp³-hybridized carbons (Fsp3) is 0.458. The second-order valence-electron chi connectivity index (χ2n) is 9.39. The highest BCUT2D eigenvalue weighted by Crippen LogP contribution is 2.51. The Morgan fingerprint density at radius 2 is 1.94 bits per heavy atom. The van der Waals surface area contributed by atoms with Crippen LogP contribution in [0.1, 0.15) is 55.7 Å². The number of benzene rings is 1. The number of carbonyl (C=O) groups is 2. The van der Waals surface area contributed by atoms with E-state index in [-0.39, 0.29) is 17.2 Å². The summed E-state index contributed by atoms with van der Waals surface area (Å²) in [5, 5.41) is 3.55. The standard InChI is InChI=1S/C24H27ClN4O2/c1-23(2)22(31)26-12-13-29(23)21(30)18-8-9-19-20(27-18)24(10-3-4-11-24)15-28(19)17-7-5-6-16(25)14-17/h5-9,14H,3-4,10-13,15H2,1-2H3,(H,26,31). The van der Waals surface area contributed by atoms with Crippen LogP contribution in [0.25, 0.3) is 0 Å². The first-order valence-electron chi connectivity index (χ1n) is 11.0. The minimum atomic E-state index is -0.895. The van der Waals surface area contributed by atoms with E-state index in [4.69, 9.17) is 16.6 Å². The normalized spacial score (nSPS) is 21.3. The van der Waals surface area contributed by atoms with Crippen LogP contribution in [0.4, 0.5) is 11.4 Å². The number of piperazine rings is 1. The van der Waals surface area contributed by atoms with Gasteiger partial charge in [-0.3, -0.25) is 9.59 Å². The molecule has 2 amide bonds. The molecule has 1 saturated heterocycles. The molecule has 1 aliphatic carbocycles. The molecule has 3 aliphatic rings. The number of halogens is 1. The second kappa shape index (κ2) is 7.23. The summed E-state index contributed by atoms with van der Waals surface area (Å²) in [6, 6.07) is 11.7. The molecule has 2 aromatic rings. The van der Waals surface area contributed by atoms with E-state index >= 15 is 0 Å². The van der Waals surface area contributed by atoms with Crippen molar-refractivity contribution in [1.29, 1.82) is 0 Å². The van der Waals surface area contributed by atoms with E-state index in [0.717, 1.165) is 36.5 Å². The van der Waals surface area contributed by atoms with Crippen LogP contribution in [0.3, 0.4) is 0 Å². The lowest BCUT2D eigenvalue weighted by molar-refractivity contribution is -0.133. The lowest BCUT2D eigenvalue weighted by Gasteiger charge is -2.41. The van der Waals surface area contributed by atoms with Gasteiger partial charge < -0.3 is 15.1 Å². The summed E-state index contributed by atoms with van der Waals surface area (Å²) in [4.78, 5) is 34.6. The van der Waals surface area contributed by atoms with Crippen LogP contribution < -0.4 is 10.2 Å². The van der Waals surface area contributed by atoms with Crippen LogP contribution >= 0.6 is 11.6 Å². The molecule has 0 radical (unpaired) electrons. The highest BCUT2D eigenvalue weighted by Gasteiger charge is 2.47. The first-order chi connectivity index (χ1) is 14.8. The maximum absolute atomic E-state index is 13.4. The van der Waals surface area contributed by atoms with E-state index in [9.17, 15) is 9.59 Å². The van der Waals surface area contributed by atoms with Crippen molar-refractivity contribution < 1.29 is 9.59 Å². The van der Waals surface area contributed by atoms with Crippen molar-refractivity contribution in [1.82, 2.24) is 15.2 Å². The molecule has 0 atom stereocenters. The van der Waals surface area contributed by atoms with Gasteiger partial charge in [0, 0.05) is 35.8 Å². The molecule has 1 spiro atoms. The Morgan fingerprint density at radius 3 is 2.68 bits per heavy atom. The molecule has 5 rings (SSSR count). The fourth-order valence-electron chi connectivity index (χ4n) is 5.36. The first kappa shape index (κ1) is 20.3. The monoisotopic (exact) mass is 438 g/mol. The predicted octanol–water partition coefficient (Wildman–Crippen LogP) is 4.05. The molecule has 31 heavy (non-hydrogen) atoms. The summed E-state index contributed by atoms with van der Waals surface area (Å²) in [6.07, 6.45) is 4.47. The third kappa shape index (κ3) is 3.19. The Morgan fingerprint density at radius 1 is 1.16 bits per heavy atom. The number of pyridine rings is 1. The first-order valence-corrected chi connectivity index (χ1v) is 11.3. The predicted molar refractivity (Wildman–Crippen MR) is 121 cm³/mol. The van der Waals surface area contributed by atoms with Crippen LogP contribution in [-0.2, 0) is 10.2 Å². The van der Waals surface area contributed by atoms with Crippen LogP contribution in [-0.4, -0.2) is 46.9 Å². The second-order valence-corrected chi connectivity index (χ2v) is 9.83. The summed E-state index contributed by atoms with van der Waals surface area (Å²) in [5.74, 6) is -0.315. The van der Waals surface area contributed by atoms with Gasteiger partial charge >= 0.3 is 0 Å². The number of nitrogens with one attached hydrogen (secondary N) is 1. The van der Waals surface area contributed by atoms with E-state index in [2.05, 4.69) is 16.3 Å². The van der Waals surface area contributed by atoms with Gasteiger partial charge in [0.05, 0.1) is 11.4 Å². The number of rotatable bonds is 2. The van der Waals surface area contributed by atoms with Gasteiger partial charge in [-0.05, 0) is 57.0 Å². The third-order valence-electron chi connectivity index (χ3n) is 7.12. The van der Waals surface area contributed by atoms with E-state index in [1.54, 1.807) is 24.8 Å². The molecule has 0 unspecified atom stereocenters. The number of anilines is 2. The summed E-state index contributed by atoms with van der Waals surface area (Å²) in [7, 11) is 0. The van der Waals surface area contributed by atoms with E-state index in [0.29, 0.717) is 23.8 Å². The number of hydrogen-bond donors (Lipinski definition) is 1. The molecule has 1 aromatic heterocycles. The number of amides is 2. The van der Waals surface area contributed by atoms with Gasteiger partial charge in [-0.15, -0.1) is 0 Å². The van der Waals surface area contributed by atoms with Gasteiger partial charge in [0.25, 0.3) is 5.91 Å². The van der Waals surface area contributed by atoms with Crippen LogP contribution in [0.2, 0.25) is 5.02 Å². The van der Waals surface area contributed by atoms with Gasteiger partial charge in [0.2, 0.25) is 5.91 Å². The van der Waals surface area contributed by atoms with Crippen molar-refractivity contribution in [2.24, 2.45) is 0 Å². The molecule has 3 heterocycles. The van der Waals surface area contributed by atoms with Crippen molar-refractivity contribution in [3.8, 4) is 0 Å². The van der Waals surface area contributed by atoms with Crippen molar-refractivity contribution in [3.05, 3.63) is 52.8 Å². The zero-order valence-electron chi connectivity index (χ0n) is 17.9. The van der Waals surface area contributed by atoms with Crippen LogP contribution in [0.15, 0.2) is 36.4 Å². The number of hydrogen-bond acceptors (Lipinski definition) is 4. The Hall–Kier alpha value is -2.60. The summed E-state index contributed by atoms with van der Waals surface area (Å²) < 4.78 is 0. The lowest BCUT2D eigenvalue weighted by Crippen LogP contribution is -2.63. The number of nitrogens with zero attached hydrogens (tertiary/aromatic N) is 3. The maximum Gasteiger partial charge on any atom is 0.273 e. The minimum Gasteiger partial charge on any atom is -0.352 e. The topological polar surface area (TPSA) is 65.5 Å². The van der Waals surface area contributed by atoms with Crippen molar-refractivity contribution in [2.45, 2.75) is 50.5 Å². The molecule has 7 heteroatoms. The van der Waals surface area contributed by atoms with Gasteiger partial charge in [0.15, 0.2) is 0 Å². The van der Waals surface area contributed by atoms with Crippen molar-refractivity contribution in [2.75, 3.05) is 24.5 Å². The quantitative estimate of drug-likeness (QED) is 0.768. The number of aromatic nitrogens is 1. The lowest BCUT2D eigenvalue weighted by atomic mass is 9.84. The highest BCUT2D eigenvalue weighted by atomic mass is 35.5. The Balaban J connectivity index is 1.55. The SMILES string of the molecule is CC1(C)C(=O)NCCN1C(=O)c1ccc2c(n1)C1(CCCC1)CN2c1cccc(Cl)c1. The van der Waals surface area contributed by atoms with Crippen molar-refractivity contribution in [3.63, 3.8) is 0 Å². The van der Waals surface area contributed by atoms with Gasteiger partial charge in [-0.1, -0.05) is 30.5 Å². The molecule has 1 saturated carbocycles. The van der Waals surface area contributed by atoms with E-state index < -0.39 is 5.54 Å². The number of fused-ring (bicyclic) bond motifs is 2. The van der Waals surface area contributed by atoms with Gasteiger partial charge in [-0.2, -0.15) is 0 Å². The molecule has 1 aromatic carbocycles. The summed E-state index contributed by atoms with van der Waals surface area (Å²) in [5.41, 5.74) is 2.59. The summed E-state index contributed by atoms with van der Waals surface area (Å²) in [6.45, 7) is 5.37. The molecular formula is C24H27ClN4O2. The smallest absolute Gasteiger partial charge is 0.273 e. The Bertz CT molecular complexity index is 1060. The third-order valence-corrected chi connectivity index (χ3v) is 7.36. The molecular weight excluding hydrogens is 412 g/mol. The van der Waals surface area contributed by atoms with Gasteiger partial charge in [-0.25, -0.2) is 4.98 Å². The average Bonchev–Trinajstić information content (AvgIpc) is 3.35. The van der Waals surface area contributed by atoms with Crippen LogP contribution in [0.5, 0.6) is 0 Å². The maximum atomic E-state index is 13.4. The Labute approximate surface area is 187 Å². The molecule has 0 bridgehead atoms. The summed E-state index contributed by atoms with van der Waals surface area (Å²) >= 11 is 6.27. The minimum absolute atomic E-state index is 0.0390. The van der Waals surface area contributed by atoms with Crippen LogP contribution in [0, 0.1) is 0 Å². The van der Waals surface area contributed by atoms with Gasteiger partial charge in [0.1, 0.15) is 11.2 Å². The molecule has 2 aliphatic heterocycles. The highest BCUT2D eigenvalue weighted by molar-refractivity contribution is 6.30. The van der Waals surface area contributed by atoms with Crippen molar-refractivity contribution >= 4 is 34.8 Å². The van der Waals surface area contributed by atoms with E-state index in [1.165, 1.54) is 12.8 Å².